The molecule has 0 radical (unpaired) electrons. The number of halogens is 1. The summed E-state index contributed by atoms with van der Waals surface area (Å²) in [6.45, 7) is 4.38. The van der Waals surface area contributed by atoms with Gasteiger partial charge in [0.15, 0.2) is 11.5 Å². The van der Waals surface area contributed by atoms with Gasteiger partial charge in [-0.05, 0) is 62.4 Å². The smallest absolute Gasteiger partial charge is 0.231 e. The molecular weight excluding hydrogens is 316 g/mol. The van der Waals surface area contributed by atoms with Crippen molar-refractivity contribution in [1.29, 1.82) is 0 Å². The number of fused-ring (bicyclic) bond motifs is 1. The van der Waals surface area contributed by atoms with Gasteiger partial charge in [-0.1, -0.05) is 6.07 Å². The fourth-order valence-corrected chi connectivity index (χ4v) is 3.78. The van der Waals surface area contributed by atoms with Gasteiger partial charge in [0.2, 0.25) is 12.7 Å². The molecule has 23 heavy (non-hydrogen) atoms. The summed E-state index contributed by atoms with van der Waals surface area (Å²) < 4.78 is 10.7. The van der Waals surface area contributed by atoms with Crippen molar-refractivity contribution < 1.29 is 14.3 Å². The molecule has 1 saturated carbocycles. The summed E-state index contributed by atoms with van der Waals surface area (Å²) in [5, 5.41) is 6.54. The molecule has 3 aliphatic rings. The van der Waals surface area contributed by atoms with Crippen molar-refractivity contribution in [1.82, 2.24) is 10.6 Å². The summed E-state index contributed by atoms with van der Waals surface area (Å²) in [6.07, 6.45) is 3.31. The van der Waals surface area contributed by atoms with E-state index in [0.717, 1.165) is 49.4 Å². The molecule has 2 aliphatic heterocycles. The fourth-order valence-electron chi connectivity index (χ4n) is 3.78. The van der Waals surface area contributed by atoms with E-state index >= 15 is 0 Å². The Bertz CT molecular complexity index is 602. The van der Waals surface area contributed by atoms with Gasteiger partial charge in [0.05, 0.1) is 6.04 Å². The Morgan fingerprint density at radius 3 is 2.83 bits per heavy atom. The lowest BCUT2D eigenvalue weighted by molar-refractivity contribution is -0.123. The second-order valence-electron chi connectivity index (χ2n) is 6.71. The number of carbonyl (C=O) groups is 1. The maximum Gasteiger partial charge on any atom is 0.231 e. The molecule has 4 rings (SSSR count). The highest BCUT2D eigenvalue weighted by Gasteiger charge is 2.57. The van der Waals surface area contributed by atoms with Gasteiger partial charge in [-0.25, -0.2) is 0 Å². The van der Waals surface area contributed by atoms with Gasteiger partial charge in [-0.15, -0.1) is 12.4 Å². The van der Waals surface area contributed by atoms with E-state index < -0.39 is 0 Å². The zero-order valence-corrected chi connectivity index (χ0v) is 14.1. The first-order valence-corrected chi connectivity index (χ1v) is 8.09. The Morgan fingerprint density at radius 1 is 1.30 bits per heavy atom. The van der Waals surface area contributed by atoms with E-state index in [4.69, 9.17) is 9.47 Å². The summed E-state index contributed by atoms with van der Waals surface area (Å²) in [5.74, 6) is 1.94. The van der Waals surface area contributed by atoms with Crippen LogP contribution < -0.4 is 20.1 Å². The maximum atomic E-state index is 12.5. The van der Waals surface area contributed by atoms with Crippen LogP contribution in [0.15, 0.2) is 18.2 Å². The summed E-state index contributed by atoms with van der Waals surface area (Å²) in [7, 11) is 0. The van der Waals surface area contributed by atoms with Gasteiger partial charge in [-0.3, -0.25) is 4.79 Å². The predicted octanol–water partition coefficient (Wildman–Crippen LogP) is 2.40. The quantitative estimate of drug-likeness (QED) is 0.888. The first-order valence-electron chi connectivity index (χ1n) is 8.09. The van der Waals surface area contributed by atoms with Gasteiger partial charge in [-0.2, -0.15) is 0 Å². The van der Waals surface area contributed by atoms with Crippen molar-refractivity contribution in [2.24, 2.45) is 11.3 Å². The van der Waals surface area contributed by atoms with E-state index in [1.54, 1.807) is 0 Å². The number of carbonyl (C=O) groups excluding carboxylic acids is 1. The van der Waals surface area contributed by atoms with Crippen LogP contribution in [0.3, 0.4) is 0 Å². The maximum absolute atomic E-state index is 12.5. The van der Waals surface area contributed by atoms with E-state index in [9.17, 15) is 4.79 Å². The lowest BCUT2D eigenvalue weighted by Crippen LogP contribution is -2.34. The minimum atomic E-state index is -0.0126. The monoisotopic (exact) mass is 338 g/mol. The minimum absolute atomic E-state index is 0. The Kier molecular flexibility index (Phi) is 4.43. The number of hydrogen-bond acceptors (Lipinski definition) is 4. The van der Waals surface area contributed by atoms with E-state index in [1.807, 2.05) is 25.1 Å². The number of rotatable bonds is 3. The van der Waals surface area contributed by atoms with Crippen molar-refractivity contribution in [3.8, 4) is 11.5 Å². The molecule has 1 spiro atoms. The minimum Gasteiger partial charge on any atom is -0.454 e. The number of piperidine rings is 1. The van der Waals surface area contributed by atoms with Gasteiger partial charge in [0.25, 0.3) is 0 Å². The number of ether oxygens (including phenoxy) is 2. The summed E-state index contributed by atoms with van der Waals surface area (Å²) in [6, 6.07) is 5.85. The van der Waals surface area contributed by atoms with Gasteiger partial charge < -0.3 is 20.1 Å². The van der Waals surface area contributed by atoms with Crippen molar-refractivity contribution in [3.63, 3.8) is 0 Å². The molecule has 0 aromatic heterocycles. The van der Waals surface area contributed by atoms with Gasteiger partial charge >= 0.3 is 0 Å². The van der Waals surface area contributed by atoms with Crippen LogP contribution in [-0.2, 0) is 4.79 Å². The van der Waals surface area contributed by atoms with Crippen molar-refractivity contribution in [2.75, 3.05) is 19.9 Å². The molecule has 1 saturated heterocycles. The van der Waals surface area contributed by atoms with Crippen LogP contribution in [0.2, 0.25) is 0 Å². The Morgan fingerprint density at radius 2 is 2.04 bits per heavy atom. The molecule has 0 bridgehead atoms. The first-order chi connectivity index (χ1) is 10.7. The van der Waals surface area contributed by atoms with Crippen LogP contribution >= 0.6 is 12.4 Å². The number of hydrogen-bond donors (Lipinski definition) is 2. The molecule has 2 atom stereocenters. The Balaban J connectivity index is 0.00000156. The molecule has 1 amide bonds. The average Bonchev–Trinajstić information content (AvgIpc) is 3.02. The third-order valence-corrected chi connectivity index (χ3v) is 5.36. The Hall–Kier alpha value is -1.46. The molecule has 2 N–H and O–H groups in total. The number of benzene rings is 1. The van der Waals surface area contributed by atoms with E-state index in [-0.39, 0.29) is 42.5 Å². The van der Waals surface area contributed by atoms with Crippen molar-refractivity contribution in [2.45, 2.75) is 32.2 Å². The summed E-state index contributed by atoms with van der Waals surface area (Å²) >= 11 is 0. The van der Waals surface area contributed by atoms with Crippen LogP contribution in [0.4, 0.5) is 0 Å². The van der Waals surface area contributed by atoms with Crippen LogP contribution in [0.5, 0.6) is 11.5 Å². The lowest BCUT2D eigenvalue weighted by Gasteiger charge is -2.23. The molecule has 1 aromatic rings. The van der Waals surface area contributed by atoms with Crippen molar-refractivity contribution >= 4 is 18.3 Å². The second kappa shape index (κ2) is 6.21. The average molecular weight is 339 g/mol. The molecule has 2 fully saturated rings. The molecule has 2 heterocycles. The molecule has 126 valence electrons. The SMILES string of the molecule is CC(NC(=O)C1CC12CCNCC2)c1ccc2c(c1)OCO2.Cl. The zero-order chi connectivity index (χ0) is 15.2. The second-order valence-corrected chi connectivity index (χ2v) is 6.71. The van der Waals surface area contributed by atoms with Crippen molar-refractivity contribution in [3.05, 3.63) is 23.8 Å². The normalized spacial score (nSPS) is 24.7. The number of amides is 1. The fraction of sp³-hybridized carbons (Fsp3) is 0.588. The highest BCUT2D eigenvalue weighted by molar-refractivity contribution is 5.85. The van der Waals surface area contributed by atoms with Crippen LogP contribution in [-0.4, -0.2) is 25.8 Å². The highest BCUT2D eigenvalue weighted by Crippen LogP contribution is 2.58. The van der Waals surface area contributed by atoms with Gasteiger partial charge in [0.1, 0.15) is 0 Å². The van der Waals surface area contributed by atoms with Crippen LogP contribution in [0.1, 0.15) is 37.8 Å². The molecule has 6 heteroatoms. The molecule has 5 nitrogen and oxygen atoms in total. The zero-order valence-electron chi connectivity index (χ0n) is 13.3. The topological polar surface area (TPSA) is 59.6 Å². The van der Waals surface area contributed by atoms with E-state index in [1.165, 1.54) is 0 Å². The lowest BCUT2D eigenvalue weighted by atomic mass is 9.91. The predicted molar refractivity (Wildman–Crippen MR) is 89.0 cm³/mol. The molecule has 1 aromatic carbocycles. The standard InChI is InChI=1S/C17H22N2O3.ClH/c1-11(12-2-3-14-15(8-12)22-10-21-14)19-16(20)13-9-17(13)4-6-18-7-5-17;/h2-3,8,11,13,18H,4-7,9-10H2,1H3,(H,19,20);1H. The molecular formula is C17H23ClN2O3. The molecule has 1 aliphatic carbocycles. The Labute approximate surface area is 142 Å². The third kappa shape index (κ3) is 3.00. The third-order valence-electron chi connectivity index (χ3n) is 5.36. The number of nitrogens with one attached hydrogen (secondary N) is 2. The first kappa shape index (κ1) is 16.4. The highest BCUT2D eigenvalue weighted by atomic mass is 35.5. The largest absolute Gasteiger partial charge is 0.454 e. The van der Waals surface area contributed by atoms with Gasteiger partial charge in [0, 0.05) is 5.92 Å². The van der Waals surface area contributed by atoms with Crippen LogP contribution in [0, 0.1) is 11.3 Å². The molecule has 2 unspecified atom stereocenters. The van der Waals surface area contributed by atoms with E-state index in [0.29, 0.717) is 0 Å². The van der Waals surface area contributed by atoms with E-state index in [2.05, 4.69) is 10.6 Å². The summed E-state index contributed by atoms with van der Waals surface area (Å²) in [5.41, 5.74) is 1.34. The summed E-state index contributed by atoms with van der Waals surface area (Å²) in [4.78, 5) is 12.5. The van der Waals surface area contributed by atoms with Crippen LogP contribution in [0.25, 0.3) is 0 Å².